The summed E-state index contributed by atoms with van der Waals surface area (Å²) in [6.07, 6.45) is 19.5. The number of carbonyl (C=O) groups excluding carboxylic acids is 3. The molecule has 13 heteroatoms. The van der Waals surface area contributed by atoms with Crippen molar-refractivity contribution in [3.63, 3.8) is 0 Å². The number of unbranched alkanes of at least 4 members (excludes halogenated alkanes) is 13. The van der Waals surface area contributed by atoms with Gasteiger partial charge in [-0.05, 0) is 27.2 Å². The van der Waals surface area contributed by atoms with Gasteiger partial charge < -0.3 is 34.6 Å². The van der Waals surface area contributed by atoms with E-state index in [0.29, 0.717) is 12.2 Å². The van der Waals surface area contributed by atoms with Gasteiger partial charge in [0.2, 0.25) is 0 Å². The molecule has 0 unspecified atom stereocenters. The molecule has 1 rings (SSSR count). The molecule has 4 N–H and O–H groups in total. The topological polar surface area (TPSA) is 191 Å². The first kappa shape index (κ1) is 42.4. The van der Waals surface area contributed by atoms with Crippen molar-refractivity contribution in [3.05, 3.63) is 11.9 Å². The Morgan fingerprint density at radius 1 is 0.617 bits per heavy atom. The summed E-state index contributed by atoms with van der Waals surface area (Å²) < 4.78 is 17.6. The SMILES string of the molecule is CCCCCCCCCCCCCCCCn1cc(COC(=O)C(C)(COC(=O)C(C)(CO)CO)COC(=O)C(C)(CO)CO)nn1. The summed E-state index contributed by atoms with van der Waals surface area (Å²) in [5, 5.41) is 46.2. The molecule has 0 aliphatic carbocycles. The second-order valence-electron chi connectivity index (χ2n) is 13.6. The van der Waals surface area contributed by atoms with Crippen molar-refractivity contribution in [1.82, 2.24) is 15.0 Å². The molecular formula is C34H61N3O10. The van der Waals surface area contributed by atoms with Gasteiger partial charge in [0.1, 0.15) is 41.8 Å². The van der Waals surface area contributed by atoms with E-state index in [0.717, 1.165) is 12.8 Å². The Morgan fingerprint density at radius 3 is 1.40 bits per heavy atom. The van der Waals surface area contributed by atoms with Crippen LogP contribution in [0.2, 0.25) is 0 Å². The van der Waals surface area contributed by atoms with Gasteiger partial charge in [0.25, 0.3) is 0 Å². The standard InChI is InChI=1S/C34H61N3O10/c1-5-6-7-8-9-10-11-12-13-14-15-16-17-18-19-37-20-28(35-36-37)21-45-31(44)34(4,26-46-29(42)32(2,22-38)23-39)27-47-30(43)33(3,24-40)25-41/h20,38-41H,5-19,21-27H2,1-4H3. The Hall–Kier alpha value is -2.61. The minimum Gasteiger partial charge on any atom is -0.464 e. The molecule has 0 atom stereocenters. The molecule has 0 radical (unpaired) electrons. The molecule has 0 aliphatic heterocycles. The van der Waals surface area contributed by atoms with E-state index < -0.39 is 73.8 Å². The Kier molecular flexibility index (Phi) is 20.6. The fourth-order valence-electron chi connectivity index (χ4n) is 4.61. The summed E-state index contributed by atoms with van der Waals surface area (Å²) >= 11 is 0. The summed E-state index contributed by atoms with van der Waals surface area (Å²) in [4.78, 5) is 38.3. The highest BCUT2D eigenvalue weighted by atomic mass is 16.6. The number of ether oxygens (including phenoxy) is 3. The molecule has 0 aliphatic rings. The summed E-state index contributed by atoms with van der Waals surface area (Å²) in [6.45, 7) is 2.65. The largest absolute Gasteiger partial charge is 0.464 e. The van der Waals surface area contributed by atoms with E-state index in [4.69, 9.17) is 14.2 Å². The molecule has 0 saturated heterocycles. The number of aliphatic hydroxyl groups is 4. The van der Waals surface area contributed by atoms with Gasteiger partial charge in [-0.2, -0.15) is 0 Å². The number of aryl methyl sites for hydroxylation is 1. The monoisotopic (exact) mass is 671 g/mol. The smallest absolute Gasteiger partial charge is 0.319 e. The summed E-state index contributed by atoms with van der Waals surface area (Å²) in [7, 11) is 0. The molecule has 1 heterocycles. The van der Waals surface area contributed by atoms with E-state index in [1.807, 2.05) is 0 Å². The number of esters is 3. The zero-order valence-electron chi connectivity index (χ0n) is 29.2. The van der Waals surface area contributed by atoms with Crippen LogP contribution in [-0.2, 0) is 41.7 Å². The Balaban J connectivity index is 2.54. The maximum atomic E-state index is 13.2. The zero-order chi connectivity index (χ0) is 35.2. The van der Waals surface area contributed by atoms with Gasteiger partial charge in [0.15, 0.2) is 0 Å². The average Bonchev–Trinajstić information content (AvgIpc) is 3.55. The molecule has 272 valence electrons. The van der Waals surface area contributed by atoms with E-state index in [1.54, 1.807) is 10.9 Å². The summed E-state index contributed by atoms with van der Waals surface area (Å²) in [5.41, 5.74) is -4.52. The van der Waals surface area contributed by atoms with Crippen LogP contribution in [0.15, 0.2) is 6.20 Å². The predicted molar refractivity (Wildman–Crippen MR) is 175 cm³/mol. The first-order valence-corrected chi connectivity index (χ1v) is 17.3. The van der Waals surface area contributed by atoms with E-state index in [1.165, 1.54) is 97.8 Å². The van der Waals surface area contributed by atoms with Crippen molar-refractivity contribution in [1.29, 1.82) is 0 Å². The van der Waals surface area contributed by atoms with Crippen molar-refractivity contribution in [2.24, 2.45) is 16.2 Å². The van der Waals surface area contributed by atoms with Gasteiger partial charge in [-0.25, -0.2) is 0 Å². The molecule has 13 nitrogen and oxygen atoms in total. The van der Waals surface area contributed by atoms with Crippen molar-refractivity contribution < 1.29 is 49.0 Å². The highest BCUT2D eigenvalue weighted by Crippen LogP contribution is 2.26. The lowest BCUT2D eigenvalue weighted by atomic mass is 9.90. The number of aliphatic hydroxyl groups excluding tert-OH is 4. The van der Waals surface area contributed by atoms with E-state index >= 15 is 0 Å². The van der Waals surface area contributed by atoms with Gasteiger partial charge in [-0.1, -0.05) is 95.6 Å². The number of aromatic nitrogens is 3. The fraction of sp³-hybridized carbons (Fsp3) is 0.853. The van der Waals surface area contributed by atoms with Crippen molar-refractivity contribution >= 4 is 17.9 Å². The van der Waals surface area contributed by atoms with Crippen molar-refractivity contribution in [2.45, 2.75) is 131 Å². The van der Waals surface area contributed by atoms with Crippen LogP contribution < -0.4 is 0 Å². The number of hydrogen-bond acceptors (Lipinski definition) is 12. The van der Waals surface area contributed by atoms with Crippen LogP contribution in [-0.4, -0.2) is 93.0 Å². The molecule has 0 aromatic carbocycles. The Bertz CT molecular complexity index is 990. The number of hydrogen-bond donors (Lipinski definition) is 4. The number of rotatable bonds is 28. The molecule has 0 amide bonds. The van der Waals surface area contributed by atoms with E-state index in [2.05, 4.69) is 17.2 Å². The second-order valence-corrected chi connectivity index (χ2v) is 13.6. The van der Waals surface area contributed by atoms with Crippen LogP contribution in [0, 0.1) is 16.2 Å². The van der Waals surface area contributed by atoms with E-state index in [-0.39, 0.29) is 6.61 Å². The first-order chi connectivity index (χ1) is 22.4. The van der Waals surface area contributed by atoms with Crippen LogP contribution in [0.5, 0.6) is 0 Å². The third-order valence-corrected chi connectivity index (χ3v) is 8.60. The lowest BCUT2D eigenvalue weighted by molar-refractivity contribution is -0.179. The van der Waals surface area contributed by atoms with Gasteiger partial charge >= 0.3 is 17.9 Å². The first-order valence-electron chi connectivity index (χ1n) is 17.3. The van der Waals surface area contributed by atoms with Crippen LogP contribution in [0.25, 0.3) is 0 Å². The molecular weight excluding hydrogens is 610 g/mol. The lowest BCUT2D eigenvalue weighted by Gasteiger charge is -2.30. The maximum Gasteiger partial charge on any atom is 0.319 e. The third kappa shape index (κ3) is 15.4. The minimum absolute atomic E-state index is 0.231. The summed E-state index contributed by atoms with van der Waals surface area (Å²) in [5.74, 6) is -2.80. The van der Waals surface area contributed by atoms with Crippen molar-refractivity contribution in [3.8, 4) is 0 Å². The van der Waals surface area contributed by atoms with Crippen LogP contribution in [0.1, 0.15) is 123 Å². The predicted octanol–water partition coefficient (Wildman–Crippen LogP) is 3.88. The maximum absolute atomic E-state index is 13.2. The molecule has 1 aromatic rings. The van der Waals surface area contributed by atoms with Crippen molar-refractivity contribution in [2.75, 3.05) is 39.6 Å². The van der Waals surface area contributed by atoms with Crippen LogP contribution in [0.3, 0.4) is 0 Å². The van der Waals surface area contributed by atoms with Gasteiger partial charge in [0.05, 0.1) is 32.6 Å². The highest BCUT2D eigenvalue weighted by molar-refractivity contribution is 5.81. The Morgan fingerprint density at radius 2 is 1.00 bits per heavy atom. The lowest BCUT2D eigenvalue weighted by Crippen LogP contribution is -2.45. The zero-order valence-corrected chi connectivity index (χ0v) is 29.2. The average molecular weight is 672 g/mol. The van der Waals surface area contributed by atoms with E-state index in [9.17, 15) is 34.8 Å². The molecule has 47 heavy (non-hydrogen) atoms. The summed E-state index contributed by atoms with van der Waals surface area (Å²) in [6, 6.07) is 0. The Labute approximate surface area is 280 Å². The molecule has 0 fully saturated rings. The minimum atomic E-state index is -1.70. The molecule has 0 saturated carbocycles. The quantitative estimate of drug-likeness (QED) is 0.0572. The van der Waals surface area contributed by atoms with Crippen LogP contribution in [0.4, 0.5) is 0 Å². The van der Waals surface area contributed by atoms with Gasteiger partial charge in [-0.15, -0.1) is 5.10 Å². The normalized spacial score (nSPS) is 12.3. The van der Waals surface area contributed by atoms with Gasteiger partial charge in [-0.3, -0.25) is 19.1 Å². The molecule has 1 aromatic heterocycles. The second kappa shape index (κ2) is 22.9. The third-order valence-electron chi connectivity index (χ3n) is 8.60. The van der Waals surface area contributed by atoms with Crippen LogP contribution >= 0.6 is 0 Å². The number of nitrogens with zero attached hydrogens (tertiary/aromatic N) is 3. The van der Waals surface area contributed by atoms with Gasteiger partial charge in [0, 0.05) is 6.54 Å². The highest BCUT2D eigenvalue weighted by Gasteiger charge is 2.43. The fourth-order valence-corrected chi connectivity index (χ4v) is 4.61. The molecule has 0 bridgehead atoms. The number of carbonyl (C=O) groups is 3. The molecule has 0 spiro atoms.